The van der Waals surface area contributed by atoms with E-state index in [2.05, 4.69) is 9.97 Å². The quantitative estimate of drug-likeness (QED) is 0.501. The second-order valence-electron chi connectivity index (χ2n) is 6.22. The number of imidazole rings is 1. The zero-order valence-electron chi connectivity index (χ0n) is 14.8. The van der Waals surface area contributed by atoms with E-state index in [-0.39, 0.29) is 12.4 Å². The number of ether oxygens (including phenoxy) is 1. The number of ketones is 1. The van der Waals surface area contributed by atoms with Crippen molar-refractivity contribution in [2.24, 2.45) is 0 Å². The molecule has 28 heavy (non-hydrogen) atoms. The molecule has 0 aliphatic carbocycles. The number of aromatic amines is 1. The van der Waals surface area contributed by atoms with Gasteiger partial charge in [0.2, 0.25) is 0 Å². The normalized spacial score (nSPS) is 10.7. The molecule has 3 aromatic carbocycles. The van der Waals surface area contributed by atoms with Crippen LogP contribution in [0.1, 0.15) is 15.9 Å². The summed E-state index contributed by atoms with van der Waals surface area (Å²) >= 11 is 0. The molecule has 0 atom stereocenters. The fraction of sp³-hybridized carbons (Fsp3) is 0.0455. The minimum Gasteiger partial charge on any atom is -0.482 e. The molecule has 1 heterocycles. The molecule has 2 N–H and O–H groups in total. The first kappa shape index (κ1) is 17.5. The number of nitrogens with one attached hydrogen (secondary N) is 1. The first-order chi connectivity index (χ1) is 13.6. The molecular formula is C22H16N2O4. The largest absolute Gasteiger partial charge is 0.482 e. The van der Waals surface area contributed by atoms with Crippen LogP contribution in [0.15, 0.2) is 72.8 Å². The molecule has 0 radical (unpaired) electrons. The van der Waals surface area contributed by atoms with Crippen LogP contribution in [-0.2, 0) is 4.79 Å². The van der Waals surface area contributed by atoms with Crippen molar-refractivity contribution < 1.29 is 19.4 Å². The minimum absolute atomic E-state index is 0.0430. The van der Waals surface area contributed by atoms with Gasteiger partial charge in [-0.25, -0.2) is 9.78 Å². The van der Waals surface area contributed by atoms with Crippen LogP contribution in [-0.4, -0.2) is 33.4 Å². The number of aromatic nitrogens is 2. The third-order valence-corrected chi connectivity index (χ3v) is 4.27. The lowest BCUT2D eigenvalue weighted by Gasteiger charge is -2.03. The van der Waals surface area contributed by atoms with E-state index in [0.29, 0.717) is 22.7 Å². The van der Waals surface area contributed by atoms with Gasteiger partial charge < -0.3 is 14.8 Å². The van der Waals surface area contributed by atoms with Crippen molar-refractivity contribution in [2.75, 3.05) is 6.61 Å². The summed E-state index contributed by atoms with van der Waals surface area (Å²) in [6.07, 6.45) is 0. The summed E-state index contributed by atoms with van der Waals surface area (Å²) < 4.78 is 5.13. The summed E-state index contributed by atoms with van der Waals surface area (Å²) in [4.78, 5) is 31.0. The van der Waals surface area contributed by atoms with Gasteiger partial charge in [0.15, 0.2) is 12.4 Å². The number of carbonyl (C=O) groups is 2. The van der Waals surface area contributed by atoms with Gasteiger partial charge in [-0.3, -0.25) is 4.79 Å². The number of carboxylic acid groups (broad SMARTS) is 1. The Bertz CT molecular complexity index is 1150. The summed E-state index contributed by atoms with van der Waals surface area (Å²) in [7, 11) is 0. The molecule has 0 saturated heterocycles. The van der Waals surface area contributed by atoms with Crippen LogP contribution < -0.4 is 4.74 Å². The van der Waals surface area contributed by atoms with Crippen LogP contribution >= 0.6 is 0 Å². The molecular weight excluding hydrogens is 356 g/mol. The number of aliphatic carboxylic acids is 1. The molecule has 4 aromatic rings. The van der Waals surface area contributed by atoms with Gasteiger partial charge in [0.05, 0.1) is 11.0 Å². The van der Waals surface area contributed by atoms with Gasteiger partial charge in [-0.1, -0.05) is 30.3 Å². The predicted molar refractivity (Wildman–Crippen MR) is 105 cm³/mol. The Labute approximate surface area is 160 Å². The van der Waals surface area contributed by atoms with Crippen molar-refractivity contribution >= 4 is 22.8 Å². The summed E-state index contributed by atoms with van der Waals surface area (Å²) in [6, 6.07) is 21.5. The maximum Gasteiger partial charge on any atom is 0.341 e. The second-order valence-corrected chi connectivity index (χ2v) is 6.22. The second kappa shape index (κ2) is 7.36. The Kier molecular flexibility index (Phi) is 4.60. The Morgan fingerprint density at radius 1 is 0.929 bits per heavy atom. The van der Waals surface area contributed by atoms with E-state index in [1.54, 1.807) is 48.5 Å². The smallest absolute Gasteiger partial charge is 0.341 e. The Morgan fingerprint density at radius 2 is 1.68 bits per heavy atom. The van der Waals surface area contributed by atoms with Crippen molar-refractivity contribution in [1.82, 2.24) is 9.97 Å². The maximum atomic E-state index is 12.6. The molecule has 1 aromatic heterocycles. The molecule has 0 unspecified atom stereocenters. The number of benzene rings is 3. The number of carbonyl (C=O) groups excluding carboxylic acids is 1. The number of fused-ring (bicyclic) bond motifs is 1. The highest BCUT2D eigenvalue weighted by Gasteiger charge is 2.12. The summed E-state index contributed by atoms with van der Waals surface area (Å²) in [5, 5.41) is 8.66. The zero-order chi connectivity index (χ0) is 19.5. The Hall–Kier alpha value is -3.93. The summed E-state index contributed by atoms with van der Waals surface area (Å²) in [5.74, 6) is 0.0582. The van der Waals surface area contributed by atoms with Gasteiger partial charge in [-0.15, -0.1) is 0 Å². The van der Waals surface area contributed by atoms with E-state index in [4.69, 9.17) is 9.84 Å². The van der Waals surface area contributed by atoms with Gasteiger partial charge in [0.1, 0.15) is 11.6 Å². The molecule has 0 saturated carbocycles. The van der Waals surface area contributed by atoms with E-state index in [0.717, 1.165) is 16.6 Å². The van der Waals surface area contributed by atoms with Crippen LogP contribution in [0, 0.1) is 0 Å². The van der Waals surface area contributed by atoms with Crippen molar-refractivity contribution in [2.45, 2.75) is 0 Å². The van der Waals surface area contributed by atoms with Gasteiger partial charge in [0, 0.05) is 16.7 Å². The average molecular weight is 372 g/mol. The molecule has 138 valence electrons. The first-order valence-electron chi connectivity index (χ1n) is 8.65. The molecule has 0 aliphatic rings. The Balaban J connectivity index is 1.60. The number of nitrogens with zero attached hydrogens (tertiary/aromatic N) is 1. The van der Waals surface area contributed by atoms with Crippen LogP contribution in [0.2, 0.25) is 0 Å². The topological polar surface area (TPSA) is 92.3 Å². The lowest BCUT2D eigenvalue weighted by molar-refractivity contribution is -0.139. The van der Waals surface area contributed by atoms with Crippen molar-refractivity contribution in [3.05, 3.63) is 83.9 Å². The Morgan fingerprint density at radius 3 is 2.39 bits per heavy atom. The third-order valence-electron chi connectivity index (χ3n) is 4.27. The van der Waals surface area contributed by atoms with E-state index in [1.165, 1.54) is 0 Å². The van der Waals surface area contributed by atoms with Crippen LogP contribution in [0.5, 0.6) is 5.75 Å². The standard InChI is InChI=1S/C22H16N2O4/c25-20(26)13-28-17-9-6-15(7-10-17)22-23-18-11-8-16(12-19(18)24-22)21(27)14-4-2-1-3-5-14/h1-12H,13H2,(H,23,24)(H,25,26). The van der Waals surface area contributed by atoms with E-state index < -0.39 is 5.97 Å². The van der Waals surface area contributed by atoms with Crippen LogP contribution in [0.4, 0.5) is 0 Å². The zero-order valence-corrected chi connectivity index (χ0v) is 14.8. The monoisotopic (exact) mass is 372 g/mol. The minimum atomic E-state index is -1.03. The maximum absolute atomic E-state index is 12.6. The molecule has 6 nitrogen and oxygen atoms in total. The molecule has 4 rings (SSSR count). The summed E-state index contributed by atoms with van der Waals surface area (Å²) in [6.45, 7) is -0.387. The van der Waals surface area contributed by atoms with Gasteiger partial charge in [-0.2, -0.15) is 0 Å². The number of hydrogen-bond acceptors (Lipinski definition) is 4. The van der Waals surface area contributed by atoms with E-state index in [1.807, 2.05) is 24.3 Å². The lowest BCUT2D eigenvalue weighted by atomic mass is 10.0. The third kappa shape index (κ3) is 3.61. The van der Waals surface area contributed by atoms with Gasteiger partial charge >= 0.3 is 5.97 Å². The van der Waals surface area contributed by atoms with Gasteiger partial charge in [0.25, 0.3) is 0 Å². The fourth-order valence-corrected chi connectivity index (χ4v) is 2.90. The molecule has 0 amide bonds. The highest BCUT2D eigenvalue weighted by molar-refractivity contribution is 6.10. The lowest BCUT2D eigenvalue weighted by Crippen LogP contribution is -2.09. The van der Waals surface area contributed by atoms with Crippen molar-refractivity contribution in [3.63, 3.8) is 0 Å². The van der Waals surface area contributed by atoms with Crippen LogP contribution in [0.3, 0.4) is 0 Å². The highest BCUT2D eigenvalue weighted by Crippen LogP contribution is 2.24. The molecule has 0 bridgehead atoms. The molecule has 6 heteroatoms. The fourth-order valence-electron chi connectivity index (χ4n) is 2.90. The van der Waals surface area contributed by atoms with Gasteiger partial charge in [-0.05, 0) is 42.5 Å². The van der Waals surface area contributed by atoms with Crippen molar-refractivity contribution in [1.29, 1.82) is 0 Å². The van der Waals surface area contributed by atoms with Crippen LogP contribution in [0.25, 0.3) is 22.4 Å². The van der Waals surface area contributed by atoms with Crippen molar-refractivity contribution in [3.8, 4) is 17.1 Å². The predicted octanol–water partition coefficient (Wildman–Crippen LogP) is 3.92. The number of hydrogen-bond donors (Lipinski definition) is 2. The average Bonchev–Trinajstić information content (AvgIpc) is 3.16. The first-order valence-corrected chi connectivity index (χ1v) is 8.65. The van der Waals surface area contributed by atoms with E-state index >= 15 is 0 Å². The SMILES string of the molecule is O=C(O)COc1ccc(-c2nc3ccc(C(=O)c4ccccc4)cc3[nH]2)cc1. The molecule has 0 spiro atoms. The highest BCUT2D eigenvalue weighted by atomic mass is 16.5. The number of rotatable bonds is 6. The van der Waals surface area contributed by atoms with E-state index in [9.17, 15) is 9.59 Å². The summed E-state index contributed by atoms with van der Waals surface area (Å²) in [5.41, 5.74) is 3.58. The number of H-pyrrole nitrogens is 1. The molecule has 0 aliphatic heterocycles. The number of carboxylic acids is 1. The molecule has 0 fully saturated rings.